The van der Waals surface area contributed by atoms with Crippen LogP contribution in [0.4, 0.5) is 0 Å². The number of carbonyl (C=O) groups is 3. The minimum Gasteiger partial charge on any atom is -0.457 e. The average Bonchev–Trinajstić information content (AvgIpc) is 3.40. The van der Waals surface area contributed by atoms with Gasteiger partial charge >= 0.3 is 5.97 Å². The van der Waals surface area contributed by atoms with Crippen molar-refractivity contribution in [1.82, 2.24) is 10.6 Å². The van der Waals surface area contributed by atoms with Gasteiger partial charge in [-0.3, -0.25) is 14.4 Å². The van der Waals surface area contributed by atoms with Crippen molar-refractivity contribution in [1.29, 1.82) is 0 Å². The summed E-state index contributed by atoms with van der Waals surface area (Å²) in [5.41, 5.74) is 0. The maximum Gasteiger partial charge on any atom is 0.308 e. The molecule has 2 saturated heterocycles. The van der Waals surface area contributed by atoms with Crippen LogP contribution in [0.1, 0.15) is 233 Å². The Morgan fingerprint density at radius 2 is 0.893 bits per heavy atom. The van der Waals surface area contributed by atoms with Crippen molar-refractivity contribution >= 4 is 27.3 Å². The molecule has 2 aliphatic heterocycles. The van der Waals surface area contributed by atoms with Crippen molar-refractivity contribution in [3.8, 4) is 0 Å². The van der Waals surface area contributed by atoms with Crippen LogP contribution in [-0.4, -0.2) is 152 Å². The van der Waals surface area contributed by atoms with Crippen LogP contribution in [0.2, 0.25) is 0 Å². The molecule has 2 fully saturated rings. The van der Waals surface area contributed by atoms with Crippen LogP contribution < -0.4 is 10.6 Å². The molecule has 17 nitrogen and oxygen atoms in total. The number of unbranched alkanes of at least 4 members (excludes halogenated alkanes) is 24. The molecule has 0 saturated carbocycles. The monoisotopic (exact) mass is 1090 g/mol. The summed E-state index contributed by atoms with van der Waals surface area (Å²) in [7, 11) is 6.81. The standard InChI is InChI=1S/C57H109N2O15P/c1-7-10-13-16-19-22-25-28-31-34-42(67-4)37-47(61)58-50-53(65)52(64)46(71-56(50)66)41-70-57-51(59-48(62)38-43(68-5)35-32-29-26-23-20-17-14-11-8-2)55(54(74-75)45(40-60)72-57)73-49(63)39-44(69-6)36-33-30-27-24-21-18-15-12-9-3/h42-46,50-57,60,64-66H,7-41,75H2,1-6H3,(H,58,61)(H,59,62)/t42?,43?,44?,45?,46?,50?,51?,52-,53?,54-,55?,56-,57-/m1/s1. The quantitative estimate of drug-likeness (QED) is 0.0190. The Kier molecular flexibility index (Phi) is 40.9. The second-order valence-corrected chi connectivity index (χ2v) is 21.7. The summed E-state index contributed by atoms with van der Waals surface area (Å²) in [6.45, 7) is 5.56. The van der Waals surface area contributed by atoms with E-state index in [1.54, 1.807) is 21.3 Å². The van der Waals surface area contributed by atoms with Crippen LogP contribution in [0.15, 0.2) is 0 Å². The molecule has 0 aromatic rings. The highest BCUT2D eigenvalue weighted by Crippen LogP contribution is 2.31. The fraction of sp³-hybridized carbons (Fsp3) is 0.947. The Morgan fingerprint density at radius 3 is 1.28 bits per heavy atom. The molecule has 0 radical (unpaired) electrons. The number of methoxy groups -OCH3 is 3. The topological polar surface area (TPSA) is 230 Å². The van der Waals surface area contributed by atoms with Crippen molar-refractivity contribution in [2.75, 3.05) is 34.5 Å². The Bertz CT molecular complexity index is 1420. The Hall–Kier alpha value is -1.60. The van der Waals surface area contributed by atoms with Crippen molar-refractivity contribution in [3.05, 3.63) is 0 Å². The fourth-order valence-electron chi connectivity index (χ4n) is 10.3. The summed E-state index contributed by atoms with van der Waals surface area (Å²) < 4.78 is 47.1. The maximum absolute atomic E-state index is 14.0. The van der Waals surface area contributed by atoms with Crippen LogP contribution in [0, 0.1) is 0 Å². The second-order valence-electron chi connectivity index (χ2n) is 21.4. The number of nitrogens with one attached hydrogen (secondary N) is 2. The van der Waals surface area contributed by atoms with Gasteiger partial charge in [0.25, 0.3) is 0 Å². The van der Waals surface area contributed by atoms with Gasteiger partial charge in [-0.25, -0.2) is 0 Å². The summed E-state index contributed by atoms with van der Waals surface area (Å²) >= 11 is 0. The number of amides is 2. The van der Waals surface area contributed by atoms with E-state index in [0.717, 1.165) is 57.8 Å². The van der Waals surface area contributed by atoms with Gasteiger partial charge in [-0.1, -0.05) is 194 Å². The average molecular weight is 1090 g/mol. The Balaban J connectivity index is 2.17. The van der Waals surface area contributed by atoms with Gasteiger partial charge in [0.05, 0.1) is 50.8 Å². The number of esters is 1. The third-order valence-corrected chi connectivity index (χ3v) is 15.5. The van der Waals surface area contributed by atoms with Crippen LogP contribution in [-0.2, 0) is 52.1 Å². The van der Waals surface area contributed by atoms with Gasteiger partial charge in [0.1, 0.15) is 42.6 Å². The molecule has 10 unspecified atom stereocenters. The molecule has 0 spiro atoms. The lowest BCUT2D eigenvalue weighted by atomic mass is 9.95. The lowest BCUT2D eigenvalue weighted by Gasteiger charge is -2.46. The Morgan fingerprint density at radius 1 is 0.507 bits per heavy atom. The van der Waals surface area contributed by atoms with E-state index in [0.29, 0.717) is 19.3 Å². The molecular weight excluding hydrogens is 984 g/mol. The normalized spacial score (nSPS) is 25.2. The van der Waals surface area contributed by atoms with Gasteiger partial charge < -0.3 is 68.7 Å². The van der Waals surface area contributed by atoms with Crippen molar-refractivity contribution in [3.63, 3.8) is 0 Å². The molecule has 6 N–H and O–H groups in total. The SMILES string of the molecule is CCCCCCCCCCCC(CC(=O)NC1C(OC(=O)CC(CCCCCCCCCCC)OC)[C@H](OP)C(CO)O[C@H]1OCC1O[C@@H](O)C(NC(=O)CC(CCCCCCCCCCC)OC)C(O)[C@@H]1O)OC. The van der Waals surface area contributed by atoms with E-state index in [1.807, 2.05) is 0 Å². The number of rotatable bonds is 47. The van der Waals surface area contributed by atoms with Gasteiger partial charge in [-0.05, 0) is 19.3 Å². The molecule has 75 heavy (non-hydrogen) atoms. The molecule has 0 aromatic carbocycles. The van der Waals surface area contributed by atoms with E-state index in [1.165, 1.54) is 116 Å². The van der Waals surface area contributed by atoms with E-state index < -0.39 is 104 Å². The zero-order valence-electron chi connectivity index (χ0n) is 47.6. The predicted octanol–water partition coefficient (Wildman–Crippen LogP) is 9.19. The molecule has 14 atom stereocenters. The number of hydrogen-bond donors (Lipinski definition) is 6. The van der Waals surface area contributed by atoms with Gasteiger partial charge in [-0.15, -0.1) is 0 Å². The number of aliphatic hydroxyl groups excluding tert-OH is 4. The summed E-state index contributed by atoms with van der Waals surface area (Å²) in [6.07, 6.45) is 20.9. The van der Waals surface area contributed by atoms with Gasteiger partial charge in [0.2, 0.25) is 11.8 Å². The van der Waals surface area contributed by atoms with Gasteiger partial charge in [0.15, 0.2) is 18.7 Å². The molecule has 2 rings (SSSR count). The third kappa shape index (κ3) is 29.4. The number of hydrogen-bond acceptors (Lipinski definition) is 15. The van der Waals surface area contributed by atoms with Gasteiger partial charge in [-0.2, -0.15) is 0 Å². The van der Waals surface area contributed by atoms with Crippen molar-refractivity contribution in [2.24, 2.45) is 0 Å². The number of ether oxygens (including phenoxy) is 7. The first kappa shape index (κ1) is 69.5. The summed E-state index contributed by atoms with van der Waals surface area (Å²) in [5, 5.41) is 49.8. The zero-order valence-corrected chi connectivity index (χ0v) is 48.8. The highest BCUT2D eigenvalue weighted by molar-refractivity contribution is 7.09. The molecule has 0 bridgehead atoms. The summed E-state index contributed by atoms with van der Waals surface area (Å²) in [4.78, 5) is 41.0. The summed E-state index contributed by atoms with van der Waals surface area (Å²) in [5.74, 6) is -1.53. The van der Waals surface area contributed by atoms with Gasteiger partial charge in [0, 0.05) is 30.8 Å². The smallest absolute Gasteiger partial charge is 0.308 e. The Labute approximate surface area is 455 Å². The molecule has 2 aliphatic rings. The molecule has 442 valence electrons. The molecular formula is C57H109N2O15P. The van der Waals surface area contributed by atoms with E-state index in [4.69, 9.17) is 37.7 Å². The van der Waals surface area contributed by atoms with Crippen LogP contribution in [0.25, 0.3) is 0 Å². The second kappa shape index (κ2) is 44.2. The van der Waals surface area contributed by atoms with E-state index in [9.17, 15) is 34.8 Å². The highest BCUT2D eigenvalue weighted by Gasteiger charge is 2.51. The van der Waals surface area contributed by atoms with E-state index in [-0.39, 0.29) is 25.4 Å². The first-order valence-corrected chi connectivity index (χ1v) is 30.2. The lowest BCUT2D eigenvalue weighted by Crippen LogP contribution is -2.67. The first-order chi connectivity index (χ1) is 36.4. The minimum absolute atomic E-state index is 0.00717. The maximum atomic E-state index is 14.0. The highest BCUT2D eigenvalue weighted by atomic mass is 31.0. The third-order valence-electron chi connectivity index (χ3n) is 15.2. The molecule has 2 heterocycles. The van der Waals surface area contributed by atoms with Crippen LogP contribution >= 0.6 is 9.47 Å². The van der Waals surface area contributed by atoms with E-state index in [2.05, 4.69) is 40.9 Å². The predicted molar refractivity (Wildman–Crippen MR) is 295 cm³/mol. The molecule has 18 heteroatoms. The fourth-order valence-corrected chi connectivity index (χ4v) is 10.7. The van der Waals surface area contributed by atoms with Crippen molar-refractivity contribution in [2.45, 2.75) is 312 Å². The largest absolute Gasteiger partial charge is 0.457 e. The van der Waals surface area contributed by atoms with Crippen LogP contribution in [0.5, 0.6) is 0 Å². The minimum atomic E-state index is -1.74. The first-order valence-electron chi connectivity index (χ1n) is 29.7. The van der Waals surface area contributed by atoms with E-state index >= 15 is 0 Å². The molecule has 0 aliphatic carbocycles. The number of aliphatic hydroxyl groups is 4. The van der Waals surface area contributed by atoms with Crippen LogP contribution in [0.3, 0.4) is 0 Å². The lowest BCUT2D eigenvalue weighted by molar-refractivity contribution is -0.296. The van der Waals surface area contributed by atoms with Crippen molar-refractivity contribution < 1.29 is 72.5 Å². The summed E-state index contributed by atoms with van der Waals surface area (Å²) in [6, 6.07) is -2.58. The molecule has 0 aromatic heterocycles. The zero-order chi connectivity index (χ0) is 55.1. The number of carbonyl (C=O) groups excluding carboxylic acids is 3. The molecule has 2 amide bonds.